The molecule has 0 bridgehead atoms. The number of anilines is 3. The van der Waals surface area contributed by atoms with Gasteiger partial charge in [0.15, 0.2) is 0 Å². The summed E-state index contributed by atoms with van der Waals surface area (Å²) < 4.78 is 35.5. The Bertz CT molecular complexity index is 1510. The van der Waals surface area contributed by atoms with Crippen molar-refractivity contribution < 1.29 is 13.2 Å². The van der Waals surface area contributed by atoms with Gasteiger partial charge in [-0.3, -0.25) is 4.98 Å². The fourth-order valence-corrected chi connectivity index (χ4v) is 9.82. The fraction of sp³-hybridized carbons (Fsp3) is 0.618. The molecule has 6 rings (SSSR count). The molecular weight excluding hydrogens is 586 g/mol. The van der Waals surface area contributed by atoms with Gasteiger partial charge in [0.05, 0.1) is 17.8 Å². The first-order valence-electron chi connectivity index (χ1n) is 16.5. The second kappa shape index (κ2) is 12.9. The predicted molar refractivity (Wildman–Crippen MR) is 180 cm³/mol. The molecule has 3 fully saturated rings. The van der Waals surface area contributed by atoms with Crippen molar-refractivity contribution in [1.29, 1.82) is 0 Å². The average Bonchev–Trinajstić information content (AvgIpc) is 3.89. The quantitative estimate of drug-likeness (QED) is 0.354. The molecule has 2 aliphatic carbocycles. The topological polar surface area (TPSA) is 95.0 Å². The maximum Gasteiger partial charge on any atom is 0.240 e. The van der Waals surface area contributed by atoms with E-state index in [9.17, 15) is 8.42 Å². The van der Waals surface area contributed by atoms with Gasteiger partial charge in [-0.25, -0.2) is 18.4 Å². The van der Waals surface area contributed by atoms with Crippen LogP contribution in [-0.4, -0.2) is 87.1 Å². The van der Waals surface area contributed by atoms with Crippen LogP contribution in [0.1, 0.15) is 59.3 Å². The van der Waals surface area contributed by atoms with Crippen molar-refractivity contribution in [3.63, 3.8) is 0 Å². The minimum absolute atomic E-state index is 0.0103. The lowest BCUT2D eigenvalue weighted by Gasteiger charge is -2.47. The van der Waals surface area contributed by atoms with E-state index in [0.29, 0.717) is 23.4 Å². The van der Waals surface area contributed by atoms with Crippen LogP contribution < -0.4 is 14.7 Å². The first-order valence-corrected chi connectivity index (χ1v) is 18.0. The van der Waals surface area contributed by atoms with E-state index in [0.717, 1.165) is 62.0 Å². The second-order valence-electron chi connectivity index (χ2n) is 13.6. The number of allylic oxidation sites excluding steroid dienone is 4. The summed E-state index contributed by atoms with van der Waals surface area (Å²) in [5.41, 5.74) is 2.46. The Morgan fingerprint density at radius 2 is 1.60 bits per heavy atom. The molecule has 0 amide bonds. The zero-order valence-electron chi connectivity index (χ0n) is 27.5. The number of hydrogen-bond acceptors (Lipinski definition) is 9. The maximum atomic E-state index is 14.1. The molecule has 4 heterocycles. The Balaban J connectivity index is 1.07. The summed E-state index contributed by atoms with van der Waals surface area (Å²) in [4.78, 5) is 20.9. The van der Waals surface area contributed by atoms with Gasteiger partial charge in [0, 0.05) is 88.3 Å². The normalized spacial score (nSPS) is 23.8. The van der Waals surface area contributed by atoms with Crippen molar-refractivity contribution in [3.05, 3.63) is 59.2 Å². The van der Waals surface area contributed by atoms with Gasteiger partial charge in [0.1, 0.15) is 18.0 Å². The molecule has 1 spiro atoms. The highest BCUT2D eigenvalue weighted by Crippen LogP contribution is 2.43. The van der Waals surface area contributed by atoms with Crippen molar-refractivity contribution in [2.75, 3.05) is 68.1 Å². The fourth-order valence-electron chi connectivity index (χ4n) is 7.51. The molecule has 2 atom stereocenters. The Kier molecular flexibility index (Phi) is 9.12. The minimum atomic E-state index is -3.62. The van der Waals surface area contributed by atoms with Gasteiger partial charge in [-0.1, -0.05) is 13.8 Å². The van der Waals surface area contributed by atoms with Gasteiger partial charge >= 0.3 is 0 Å². The maximum absolute atomic E-state index is 14.1. The third kappa shape index (κ3) is 6.56. The molecule has 0 N–H and O–H groups in total. The smallest absolute Gasteiger partial charge is 0.240 e. The summed E-state index contributed by atoms with van der Waals surface area (Å²) >= 11 is 0. The molecule has 2 unspecified atom stereocenters. The summed E-state index contributed by atoms with van der Waals surface area (Å²) in [5, 5.41) is 0. The number of sulfonamides is 1. The van der Waals surface area contributed by atoms with E-state index in [4.69, 9.17) is 4.74 Å². The van der Waals surface area contributed by atoms with Crippen LogP contribution in [0.4, 0.5) is 17.3 Å². The molecule has 2 aromatic heterocycles. The standard InChI is InChI=1S/C34H49N7O3S/c1-25-22-30(44-5)26(2)27(3)33(25)45(42,43)41(29-6-7-29)21-20-38(4)31-23-32(37-24-36-31)40-18-12-34(13-19-40)10-16-39(17-11-34)28-8-14-35-15-9-28/h8-9,14-15,22-24,26-27,29H,6-7,10-13,16-21H2,1-5H3. The SMILES string of the molecule is COC1=CC(C)=C(S(=O)(=O)N(CCN(C)c2cc(N3CCC4(CCN(c5ccncc5)CC4)CC3)ncn2)C2CC2)C(C)C1C. The molecule has 2 saturated heterocycles. The Morgan fingerprint density at radius 1 is 0.956 bits per heavy atom. The number of piperidine rings is 2. The van der Waals surface area contributed by atoms with Crippen LogP contribution in [0.15, 0.2) is 59.2 Å². The van der Waals surface area contributed by atoms with Crippen molar-refractivity contribution in [2.24, 2.45) is 17.3 Å². The molecule has 0 aromatic carbocycles. The number of aromatic nitrogens is 3. The lowest BCUT2D eigenvalue weighted by molar-refractivity contribution is 0.166. The molecule has 45 heavy (non-hydrogen) atoms. The number of methoxy groups -OCH3 is 1. The highest BCUT2D eigenvalue weighted by atomic mass is 32.2. The van der Waals surface area contributed by atoms with E-state index < -0.39 is 10.0 Å². The molecule has 11 heteroatoms. The van der Waals surface area contributed by atoms with Crippen LogP contribution in [0.25, 0.3) is 0 Å². The second-order valence-corrected chi connectivity index (χ2v) is 15.4. The summed E-state index contributed by atoms with van der Waals surface area (Å²) in [5.74, 6) is 2.48. The first-order chi connectivity index (χ1) is 21.6. The predicted octanol–water partition coefficient (Wildman–Crippen LogP) is 5.08. The minimum Gasteiger partial charge on any atom is -0.501 e. The van der Waals surface area contributed by atoms with Crippen LogP contribution in [0.3, 0.4) is 0 Å². The van der Waals surface area contributed by atoms with E-state index >= 15 is 0 Å². The van der Waals surface area contributed by atoms with Gasteiger partial charge in [-0.2, -0.15) is 4.31 Å². The third-order valence-electron chi connectivity index (χ3n) is 10.8. The van der Waals surface area contributed by atoms with Crippen LogP contribution >= 0.6 is 0 Å². The van der Waals surface area contributed by atoms with Gasteiger partial charge < -0.3 is 19.4 Å². The molecule has 2 aromatic rings. The van der Waals surface area contributed by atoms with Crippen molar-refractivity contribution in [1.82, 2.24) is 19.3 Å². The van der Waals surface area contributed by atoms with Gasteiger partial charge in [0.25, 0.3) is 0 Å². The van der Waals surface area contributed by atoms with Crippen molar-refractivity contribution >= 4 is 27.3 Å². The van der Waals surface area contributed by atoms with Crippen molar-refractivity contribution in [2.45, 2.75) is 65.3 Å². The lowest BCUT2D eigenvalue weighted by Crippen LogP contribution is -2.47. The molecule has 4 aliphatic rings. The van der Waals surface area contributed by atoms with Crippen LogP contribution in [0.2, 0.25) is 0 Å². The van der Waals surface area contributed by atoms with Crippen LogP contribution in [0.5, 0.6) is 0 Å². The van der Waals surface area contributed by atoms with E-state index in [1.165, 1.54) is 31.4 Å². The zero-order chi connectivity index (χ0) is 31.8. The Morgan fingerprint density at radius 3 is 2.22 bits per heavy atom. The summed E-state index contributed by atoms with van der Waals surface area (Å²) in [7, 11) is 0.0304. The Labute approximate surface area is 269 Å². The number of hydrogen-bond donors (Lipinski definition) is 0. The van der Waals surface area contributed by atoms with E-state index in [2.05, 4.69) is 47.9 Å². The highest BCUT2D eigenvalue weighted by molar-refractivity contribution is 7.93. The van der Waals surface area contributed by atoms with Crippen molar-refractivity contribution in [3.8, 4) is 0 Å². The first kappa shape index (κ1) is 31.8. The summed E-state index contributed by atoms with van der Waals surface area (Å²) in [6, 6.07) is 6.35. The van der Waals surface area contributed by atoms with E-state index in [1.54, 1.807) is 17.7 Å². The highest BCUT2D eigenvalue weighted by Gasteiger charge is 2.43. The molecule has 2 aliphatic heterocycles. The molecule has 1 saturated carbocycles. The number of rotatable bonds is 10. The van der Waals surface area contributed by atoms with E-state index in [1.807, 2.05) is 46.3 Å². The summed E-state index contributed by atoms with van der Waals surface area (Å²) in [6.07, 6.45) is 13.9. The van der Waals surface area contributed by atoms with Crippen LogP contribution in [-0.2, 0) is 14.8 Å². The molecule has 10 nitrogen and oxygen atoms in total. The number of pyridine rings is 1. The Hall–Kier alpha value is -3.18. The lowest BCUT2D eigenvalue weighted by atomic mass is 9.71. The van der Waals surface area contributed by atoms with Gasteiger partial charge in [0.2, 0.25) is 10.0 Å². The monoisotopic (exact) mass is 635 g/mol. The number of ether oxygens (including phenoxy) is 1. The third-order valence-corrected chi connectivity index (χ3v) is 13.2. The zero-order valence-corrected chi connectivity index (χ0v) is 28.3. The largest absolute Gasteiger partial charge is 0.501 e. The number of likely N-dealkylation sites (N-methyl/N-ethyl adjacent to an activating group) is 1. The number of nitrogens with zero attached hydrogens (tertiary/aromatic N) is 7. The van der Waals surface area contributed by atoms with Gasteiger partial charge in [-0.15, -0.1) is 0 Å². The van der Waals surface area contributed by atoms with E-state index in [-0.39, 0.29) is 17.9 Å². The molecular formula is C34H49N7O3S. The van der Waals surface area contributed by atoms with Gasteiger partial charge in [-0.05, 0) is 74.6 Å². The molecule has 244 valence electrons. The average molecular weight is 636 g/mol. The molecule has 0 radical (unpaired) electrons. The summed E-state index contributed by atoms with van der Waals surface area (Å²) in [6.45, 7) is 11.1. The van der Waals surface area contributed by atoms with Crippen LogP contribution in [0, 0.1) is 17.3 Å².